The third-order valence-electron chi connectivity index (χ3n) is 4.97. The molecule has 0 aliphatic carbocycles. The third kappa shape index (κ3) is 5.22. The molecule has 3 aromatic rings. The number of hydrogen-bond acceptors (Lipinski definition) is 6. The Morgan fingerprint density at radius 3 is 2.41 bits per heavy atom. The summed E-state index contributed by atoms with van der Waals surface area (Å²) in [5.74, 6) is 2.59. The number of benzene rings is 1. The van der Waals surface area contributed by atoms with Gasteiger partial charge in [0.1, 0.15) is 18.2 Å². The number of aromatic nitrogens is 3. The highest BCUT2D eigenvalue weighted by Gasteiger charge is 2.19. The standard InChI is InChI=1S/C22H24ClN5O/c1-17-16-21(26-22(25-17)18-6-8-24-9-7-18)28-12-10-27(11-13-28)14-15-29-20-4-2-19(23)3-5-20/h2-9,16H,10-15H2,1H3. The number of piperazine rings is 1. The molecule has 1 saturated heterocycles. The molecule has 0 radical (unpaired) electrons. The molecule has 4 rings (SSSR count). The minimum Gasteiger partial charge on any atom is -0.492 e. The summed E-state index contributed by atoms with van der Waals surface area (Å²) in [6, 6.07) is 13.4. The fourth-order valence-corrected chi connectivity index (χ4v) is 3.49. The molecule has 29 heavy (non-hydrogen) atoms. The molecule has 0 bridgehead atoms. The highest BCUT2D eigenvalue weighted by molar-refractivity contribution is 6.30. The van der Waals surface area contributed by atoms with E-state index in [1.807, 2.05) is 43.3 Å². The Bertz CT molecular complexity index is 928. The summed E-state index contributed by atoms with van der Waals surface area (Å²) >= 11 is 5.91. The Labute approximate surface area is 176 Å². The van der Waals surface area contributed by atoms with Crippen LogP contribution in [0.2, 0.25) is 5.02 Å². The van der Waals surface area contributed by atoms with Crippen molar-refractivity contribution in [1.82, 2.24) is 19.9 Å². The second kappa shape index (κ2) is 9.20. The Morgan fingerprint density at radius 2 is 1.69 bits per heavy atom. The lowest BCUT2D eigenvalue weighted by Gasteiger charge is -2.35. The van der Waals surface area contributed by atoms with Crippen LogP contribution in [0, 0.1) is 6.92 Å². The largest absolute Gasteiger partial charge is 0.492 e. The number of pyridine rings is 1. The van der Waals surface area contributed by atoms with Crippen molar-refractivity contribution in [3.05, 3.63) is 65.6 Å². The molecule has 0 atom stereocenters. The van der Waals surface area contributed by atoms with Crippen LogP contribution in [0.15, 0.2) is 54.9 Å². The van der Waals surface area contributed by atoms with Gasteiger partial charge in [0.05, 0.1) is 0 Å². The van der Waals surface area contributed by atoms with Crippen LogP contribution < -0.4 is 9.64 Å². The van der Waals surface area contributed by atoms with Gasteiger partial charge in [-0.1, -0.05) is 11.6 Å². The topological polar surface area (TPSA) is 54.4 Å². The van der Waals surface area contributed by atoms with E-state index in [2.05, 4.69) is 25.8 Å². The van der Waals surface area contributed by atoms with Gasteiger partial charge in [0.25, 0.3) is 0 Å². The minimum atomic E-state index is 0.667. The van der Waals surface area contributed by atoms with Crippen LogP contribution in [-0.2, 0) is 0 Å². The van der Waals surface area contributed by atoms with E-state index in [1.54, 1.807) is 12.4 Å². The lowest BCUT2D eigenvalue weighted by molar-refractivity contribution is 0.200. The molecule has 6 nitrogen and oxygen atoms in total. The van der Waals surface area contributed by atoms with E-state index in [0.29, 0.717) is 6.61 Å². The van der Waals surface area contributed by atoms with E-state index in [4.69, 9.17) is 21.3 Å². The van der Waals surface area contributed by atoms with Crippen molar-refractivity contribution in [3.8, 4) is 17.1 Å². The van der Waals surface area contributed by atoms with E-state index >= 15 is 0 Å². The molecule has 0 saturated carbocycles. The average Bonchev–Trinajstić information content (AvgIpc) is 2.76. The first-order valence-electron chi connectivity index (χ1n) is 9.79. The molecule has 150 valence electrons. The van der Waals surface area contributed by atoms with Crippen LogP contribution in [-0.4, -0.2) is 59.2 Å². The van der Waals surface area contributed by atoms with Gasteiger partial charge in [0.2, 0.25) is 0 Å². The molecule has 2 aromatic heterocycles. The van der Waals surface area contributed by atoms with Crippen molar-refractivity contribution in [2.75, 3.05) is 44.2 Å². The summed E-state index contributed by atoms with van der Waals surface area (Å²) < 4.78 is 5.82. The summed E-state index contributed by atoms with van der Waals surface area (Å²) in [5.41, 5.74) is 1.96. The molecule has 0 spiro atoms. The summed E-state index contributed by atoms with van der Waals surface area (Å²) in [5, 5.41) is 0.723. The second-order valence-corrected chi connectivity index (χ2v) is 7.49. The molecule has 1 aliphatic heterocycles. The Kier molecular flexibility index (Phi) is 6.22. The van der Waals surface area contributed by atoms with Gasteiger partial charge in [-0.3, -0.25) is 9.88 Å². The van der Waals surface area contributed by atoms with Crippen LogP contribution in [0.1, 0.15) is 5.69 Å². The number of anilines is 1. The monoisotopic (exact) mass is 409 g/mol. The first-order chi connectivity index (χ1) is 14.2. The first-order valence-corrected chi connectivity index (χ1v) is 10.2. The molecule has 1 aliphatic rings. The molecule has 0 amide bonds. The van der Waals surface area contributed by atoms with E-state index in [0.717, 1.165) is 66.4 Å². The van der Waals surface area contributed by atoms with Gasteiger partial charge in [-0.25, -0.2) is 9.97 Å². The van der Waals surface area contributed by atoms with Gasteiger partial charge in [0, 0.05) is 67.5 Å². The Hall–Kier alpha value is -2.70. The van der Waals surface area contributed by atoms with Crippen molar-refractivity contribution >= 4 is 17.4 Å². The summed E-state index contributed by atoms with van der Waals surface area (Å²) in [4.78, 5) is 18.2. The highest BCUT2D eigenvalue weighted by Crippen LogP contribution is 2.21. The zero-order valence-electron chi connectivity index (χ0n) is 16.5. The van der Waals surface area contributed by atoms with Crippen LogP contribution >= 0.6 is 11.6 Å². The van der Waals surface area contributed by atoms with Crippen molar-refractivity contribution in [1.29, 1.82) is 0 Å². The number of ether oxygens (including phenoxy) is 1. The molecule has 1 aromatic carbocycles. The summed E-state index contributed by atoms with van der Waals surface area (Å²) in [6.45, 7) is 7.43. The van der Waals surface area contributed by atoms with Crippen LogP contribution in [0.3, 0.4) is 0 Å². The van der Waals surface area contributed by atoms with E-state index in [1.165, 1.54) is 0 Å². The number of rotatable bonds is 6. The predicted molar refractivity (Wildman–Crippen MR) is 116 cm³/mol. The van der Waals surface area contributed by atoms with E-state index in [-0.39, 0.29) is 0 Å². The van der Waals surface area contributed by atoms with E-state index in [9.17, 15) is 0 Å². The highest BCUT2D eigenvalue weighted by atomic mass is 35.5. The van der Waals surface area contributed by atoms with Gasteiger partial charge in [-0.15, -0.1) is 0 Å². The van der Waals surface area contributed by atoms with Gasteiger partial charge < -0.3 is 9.64 Å². The molecule has 0 N–H and O–H groups in total. The van der Waals surface area contributed by atoms with Crippen LogP contribution in [0.4, 0.5) is 5.82 Å². The number of nitrogens with zero attached hydrogens (tertiary/aromatic N) is 5. The van der Waals surface area contributed by atoms with Gasteiger partial charge in [-0.2, -0.15) is 0 Å². The normalized spacial score (nSPS) is 14.8. The predicted octanol–water partition coefficient (Wildman–Crippen LogP) is 3.70. The summed E-state index contributed by atoms with van der Waals surface area (Å²) in [7, 11) is 0. The van der Waals surface area contributed by atoms with Gasteiger partial charge in [0.15, 0.2) is 5.82 Å². The quantitative estimate of drug-likeness (QED) is 0.618. The number of halogens is 1. The van der Waals surface area contributed by atoms with E-state index < -0.39 is 0 Å². The first kappa shape index (κ1) is 19.6. The fraction of sp³-hybridized carbons (Fsp3) is 0.318. The smallest absolute Gasteiger partial charge is 0.161 e. The fourth-order valence-electron chi connectivity index (χ4n) is 3.37. The third-order valence-corrected chi connectivity index (χ3v) is 5.22. The van der Waals surface area contributed by atoms with Crippen LogP contribution in [0.5, 0.6) is 5.75 Å². The lowest BCUT2D eigenvalue weighted by atomic mass is 10.2. The molecule has 1 fully saturated rings. The maximum Gasteiger partial charge on any atom is 0.161 e. The Morgan fingerprint density at radius 1 is 0.966 bits per heavy atom. The van der Waals surface area contributed by atoms with Gasteiger partial charge in [-0.05, 0) is 43.3 Å². The molecule has 3 heterocycles. The molecule has 7 heteroatoms. The summed E-state index contributed by atoms with van der Waals surface area (Å²) in [6.07, 6.45) is 3.54. The lowest BCUT2D eigenvalue weighted by Crippen LogP contribution is -2.47. The number of hydrogen-bond donors (Lipinski definition) is 0. The molecule has 0 unspecified atom stereocenters. The minimum absolute atomic E-state index is 0.667. The second-order valence-electron chi connectivity index (χ2n) is 7.06. The van der Waals surface area contributed by atoms with Crippen molar-refractivity contribution in [2.45, 2.75) is 6.92 Å². The van der Waals surface area contributed by atoms with Crippen molar-refractivity contribution < 1.29 is 4.74 Å². The Balaban J connectivity index is 1.31. The SMILES string of the molecule is Cc1cc(N2CCN(CCOc3ccc(Cl)cc3)CC2)nc(-c2ccncc2)n1. The maximum atomic E-state index is 5.91. The van der Waals surface area contributed by atoms with Crippen molar-refractivity contribution in [3.63, 3.8) is 0 Å². The molecular formula is C22H24ClN5O. The zero-order chi connectivity index (χ0) is 20.1. The average molecular weight is 410 g/mol. The number of aryl methyl sites for hydroxylation is 1. The zero-order valence-corrected chi connectivity index (χ0v) is 17.2. The van der Waals surface area contributed by atoms with Crippen LogP contribution in [0.25, 0.3) is 11.4 Å². The maximum absolute atomic E-state index is 5.91. The van der Waals surface area contributed by atoms with Crippen molar-refractivity contribution in [2.24, 2.45) is 0 Å². The molecular weight excluding hydrogens is 386 g/mol. The van der Waals surface area contributed by atoms with Gasteiger partial charge >= 0.3 is 0 Å².